The average Bonchev–Trinajstić information content (AvgIpc) is 0.825. The van der Waals surface area contributed by atoms with Gasteiger partial charge in [-0.25, -0.2) is 29.9 Å². The van der Waals surface area contributed by atoms with Crippen LogP contribution in [-0.4, -0.2) is 34.9 Å². The number of fused-ring (bicyclic) bond motifs is 9. The fourth-order valence-corrected chi connectivity index (χ4v) is 13.1. The third-order valence-corrected chi connectivity index (χ3v) is 17.4. The summed E-state index contributed by atoms with van der Waals surface area (Å²) in [5.41, 5.74) is 14.7. The zero-order chi connectivity index (χ0) is 59.5. The molecule has 0 spiro atoms. The topological polar surface area (TPSA) is 90.2 Å². The van der Waals surface area contributed by atoms with Gasteiger partial charge in [0, 0.05) is 61.7 Å². The van der Waals surface area contributed by atoms with Gasteiger partial charge in [-0.1, -0.05) is 267 Å². The minimum absolute atomic E-state index is 0.559. The minimum Gasteiger partial charge on any atom is -0.256 e. The highest BCUT2D eigenvalue weighted by Crippen LogP contribution is 2.44. The Bertz CT molecular complexity index is 5630. The lowest BCUT2D eigenvalue weighted by Gasteiger charge is -2.17. The summed E-state index contributed by atoms with van der Waals surface area (Å²) >= 11 is 0. The summed E-state index contributed by atoms with van der Waals surface area (Å²) in [6, 6.07) is 107. The predicted molar refractivity (Wildman–Crippen MR) is 370 cm³/mol. The van der Waals surface area contributed by atoms with E-state index in [4.69, 9.17) is 34.9 Å². The number of pyridine rings is 1. The molecule has 0 saturated carbocycles. The van der Waals surface area contributed by atoms with E-state index in [1.54, 1.807) is 0 Å². The Hall–Kier alpha value is -12.2. The maximum Gasteiger partial charge on any atom is 0.164 e. The minimum atomic E-state index is 0.559. The van der Waals surface area contributed by atoms with E-state index >= 15 is 0 Å². The molecule has 14 aromatic carbocycles. The molecule has 90 heavy (non-hydrogen) atoms. The maximum absolute atomic E-state index is 5.45. The van der Waals surface area contributed by atoms with Crippen LogP contribution in [0.25, 0.3) is 178 Å². The van der Waals surface area contributed by atoms with Crippen molar-refractivity contribution in [3.05, 3.63) is 310 Å². The highest BCUT2D eigenvalue weighted by molar-refractivity contribution is 6.26. The molecule has 17 aromatic rings. The van der Waals surface area contributed by atoms with Gasteiger partial charge in [0.15, 0.2) is 34.9 Å². The summed E-state index contributed by atoms with van der Waals surface area (Å²) in [5, 5.41) is 12.9. The first kappa shape index (κ1) is 52.2. The Morgan fingerprint density at radius 3 is 1.10 bits per heavy atom. The fourth-order valence-electron chi connectivity index (χ4n) is 13.1. The third-order valence-electron chi connectivity index (χ3n) is 17.4. The van der Waals surface area contributed by atoms with Gasteiger partial charge in [-0.2, -0.15) is 0 Å². The van der Waals surface area contributed by atoms with E-state index in [1.165, 1.54) is 32.3 Å². The van der Waals surface area contributed by atoms with Gasteiger partial charge >= 0.3 is 0 Å². The van der Waals surface area contributed by atoms with Crippen LogP contribution in [0.15, 0.2) is 310 Å². The number of hydrogen-bond acceptors (Lipinski definition) is 7. The Kier molecular flexibility index (Phi) is 12.7. The number of benzene rings is 14. The number of para-hydroxylation sites is 1. The van der Waals surface area contributed by atoms with Crippen molar-refractivity contribution in [1.82, 2.24) is 34.9 Å². The van der Waals surface area contributed by atoms with Gasteiger partial charge in [-0.3, -0.25) is 4.98 Å². The normalized spacial score (nSPS) is 11.6. The van der Waals surface area contributed by atoms with Crippen LogP contribution < -0.4 is 0 Å². The van der Waals surface area contributed by atoms with Gasteiger partial charge in [-0.05, 0) is 118 Å². The molecule has 3 aromatic heterocycles. The summed E-state index contributed by atoms with van der Waals surface area (Å²) in [5.74, 6) is 3.45. The molecule has 0 atom stereocenters. The van der Waals surface area contributed by atoms with Crippen LogP contribution in [0.4, 0.5) is 0 Å². The first-order valence-electron chi connectivity index (χ1n) is 30.3. The second kappa shape index (κ2) is 22.0. The molecule has 0 aliphatic rings. The summed E-state index contributed by atoms with van der Waals surface area (Å²) < 4.78 is 0. The van der Waals surface area contributed by atoms with E-state index in [0.29, 0.717) is 34.9 Å². The molecule has 0 unspecified atom stereocenters. The SMILES string of the molecule is c1ccc(-c2nc(-c3cccc(-c4cccc(-c5nc(-c6ccccc6)nc(-c6ccc7ccccc7c6-c6ccc7c8ccccc8c8ccccc8c7c6)n5)c4)c3)nc(-c3ccc4ccccc4c3-c3ccc(-c4cccc5cccnc45)cc3)n2)cc1. The van der Waals surface area contributed by atoms with Crippen molar-refractivity contribution in [3.63, 3.8) is 0 Å². The Labute approximate surface area is 519 Å². The van der Waals surface area contributed by atoms with Gasteiger partial charge < -0.3 is 0 Å². The number of nitrogens with zero attached hydrogens (tertiary/aromatic N) is 7. The van der Waals surface area contributed by atoms with Crippen LogP contribution in [0.5, 0.6) is 0 Å². The average molecular weight is 1150 g/mol. The Balaban J connectivity index is 0.783. The number of aromatic nitrogens is 7. The van der Waals surface area contributed by atoms with E-state index in [9.17, 15) is 0 Å². The van der Waals surface area contributed by atoms with Gasteiger partial charge in [0.25, 0.3) is 0 Å². The zero-order valence-corrected chi connectivity index (χ0v) is 48.6. The van der Waals surface area contributed by atoms with E-state index in [-0.39, 0.29) is 0 Å². The summed E-state index contributed by atoms with van der Waals surface area (Å²) in [6.45, 7) is 0. The van der Waals surface area contributed by atoms with Gasteiger partial charge in [0.2, 0.25) is 0 Å². The van der Waals surface area contributed by atoms with E-state index in [0.717, 1.165) is 110 Å². The summed E-state index contributed by atoms with van der Waals surface area (Å²) in [7, 11) is 0. The van der Waals surface area contributed by atoms with Crippen molar-refractivity contribution >= 4 is 64.8 Å². The maximum atomic E-state index is 5.45. The van der Waals surface area contributed by atoms with Gasteiger partial charge in [0.1, 0.15) is 0 Å². The van der Waals surface area contributed by atoms with Crippen molar-refractivity contribution in [1.29, 1.82) is 0 Å². The van der Waals surface area contributed by atoms with E-state index < -0.39 is 0 Å². The van der Waals surface area contributed by atoms with Crippen LogP contribution >= 0.6 is 0 Å². The molecule has 3 heterocycles. The summed E-state index contributed by atoms with van der Waals surface area (Å²) in [6.07, 6.45) is 1.86. The third kappa shape index (κ3) is 9.28. The number of rotatable bonds is 10. The number of hydrogen-bond donors (Lipinski definition) is 0. The van der Waals surface area contributed by atoms with Crippen LogP contribution in [-0.2, 0) is 0 Å². The molecule has 0 fully saturated rings. The predicted octanol–water partition coefficient (Wildman–Crippen LogP) is 21.0. The van der Waals surface area contributed by atoms with Crippen molar-refractivity contribution in [2.45, 2.75) is 0 Å². The fraction of sp³-hybridized carbons (Fsp3) is 0. The van der Waals surface area contributed by atoms with Crippen molar-refractivity contribution in [2.24, 2.45) is 0 Å². The molecule has 0 radical (unpaired) electrons. The van der Waals surface area contributed by atoms with Gasteiger partial charge in [0.05, 0.1) is 5.52 Å². The van der Waals surface area contributed by atoms with E-state index in [1.807, 2.05) is 48.7 Å². The van der Waals surface area contributed by atoms with Gasteiger partial charge in [-0.15, -0.1) is 0 Å². The second-order valence-corrected chi connectivity index (χ2v) is 22.7. The molecule has 7 nitrogen and oxygen atoms in total. The second-order valence-electron chi connectivity index (χ2n) is 22.7. The quantitative estimate of drug-likeness (QED) is 0.126. The molecule has 0 aliphatic heterocycles. The van der Waals surface area contributed by atoms with Crippen molar-refractivity contribution in [3.8, 4) is 113 Å². The highest BCUT2D eigenvalue weighted by Gasteiger charge is 2.22. The molecule has 7 heteroatoms. The Morgan fingerprint density at radius 1 is 0.178 bits per heavy atom. The van der Waals surface area contributed by atoms with Crippen LogP contribution in [0.3, 0.4) is 0 Å². The van der Waals surface area contributed by atoms with E-state index in [2.05, 4.69) is 261 Å². The standard InChI is InChI=1S/C83H51N7/c1-3-21-57(22-4-1)78-85-80(89-82(87-78)72-46-42-52-19-7-9-31-64(52)75(72)55-40-38-54(39-41-55)66-37-17-25-56-30-18-48-84-77(56)66)62-28-15-26-59(49-62)60-27-16-29-63(50-60)81-86-79(58-23-5-2-6-24-58)88-83(90-81)73-47-43-53-20-8-10-32-65(53)76(73)61-44-45-71-69-35-12-11-33-67(69)68-34-13-14-36-70(68)74(71)51-61/h1-51H. The van der Waals surface area contributed by atoms with Crippen LogP contribution in [0.2, 0.25) is 0 Å². The zero-order valence-electron chi connectivity index (χ0n) is 48.6. The van der Waals surface area contributed by atoms with Crippen molar-refractivity contribution in [2.75, 3.05) is 0 Å². The smallest absolute Gasteiger partial charge is 0.164 e. The highest BCUT2D eigenvalue weighted by atomic mass is 15.0. The monoisotopic (exact) mass is 1150 g/mol. The molecule has 0 aliphatic carbocycles. The van der Waals surface area contributed by atoms with Crippen LogP contribution in [0.1, 0.15) is 0 Å². The first-order valence-corrected chi connectivity index (χ1v) is 30.3. The summed E-state index contributed by atoms with van der Waals surface area (Å²) in [4.78, 5) is 36.8. The lowest BCUT2D eigenvalue weighted by atomic mass is 9.89. The Morgan fingerprint density at radius 2 is 0.556 bits per heavy atom. The molecule has 0 amide bonds. The molecular formula is C83H51N7. The van der Waals surface area contributed by atoms with Crippen LogP contribution in [0, 0.1) is 0 Å². The molecule has 0 N–H and O–H groups in total. The molecule has 0 bridgehead atoms. The molecule has 17 rings (SSSR count). The lowest BCUT2D eigenvalue weighted by molar-refractivity contribution is 1.07. The largest absolute Gasteiger partial charge is 0.256 e. The van der Waals surface area contributed by atoms with Crippen molar-refractivity contribution < 1.29 is 0 Å². The molecular weight excluding hydrogens is 1090 g/mol. The molecule has 418 valence electrons. The first-order chi connectivity index (χ1) is 44.6. The molecule has 0 saturated heterocycles. The lowest BCUT2D eigenvalue weighted by Crippen LogP contribution is -2.02.